The van der Waals surface area contributed by atoms with Crippen LogP contribution >= 0.6 is 0 Å². The van der Waals surface area contributed by atoms with Gasteiger partial charge in [0.05, 0.1) is 6.54 Å². The third-order valence-electron chi connectivity index (χ3n) is 6.02. The Balaban J connectivity index is 0.000000339. The summed E-state index contributed by atoms with van der Waals surface area (Å²) >= 11 is 0. The molecule has 4 heterocycles. The molecule has 2 saturated heterocycles. The molecule has 2 fully saturated rings. The van der Waals surface area contributed by atoms with E-state index in [4.69, 9.17) is 9.90 Å². The molecule has 11 heteroatoms. The number of halogens is 3. The molecule has 2 aliphatic rings. The van der Waals surface area contributed by atoms with Crippen LogP contribution in [-0.2, 0) is 18.4 Å². The zero-order chi connectivity index (χ0) is 22.8. The number of carboxylic acids is 1. The Morgan fingerprint density at radius 3 is 2.48 bits per heavy atom. The lowest BCUT2D eigenvalue weighted by Gasteiger charge is -2.37. The Kier molecular flexibility index (Phi) is 6.73. The number of carbonyl (C=O) groups is 2. The van der Waals surface area contributed by atoms with Crippen LogP contribution in [0, 0.1) is 5.92 Å². The van der Waals surface area contributed by atoms with Gasteiger partial charge in [-0.3, -0.25) is 14.4 Å². The summed E-state index contributed by atoms with van der Waals surface area (Å²) in [5, 5.41) is 11.5. The van der Waals surface area contributed by atoms with E-state index in [-0.39, 0.29) is 5.91 Å². The lowest BCUT2D eigenvalue weighted by atomic mass is 9.92. The second-order valence-electron chi connectivity index (χ2n) is 7.96. The lowest BCUT2D eigenvalue weighted by Crippen LogP contribution is -2.48. The van der Waals surface area contributed by atoms with Crippen molar-refractivity contribution in [3.63, 3.8) is 0 Å². The first-order valence-electron chi connectivity index (χ1n) is 9.98. The Morgan fingerprint density at radius 2 is 1.94 bits per heavy atom. The fraction of sp³-hybridized carbons (Fsp3) is 0.550. The number of nitrogens with zero attached hydrogens (tertiary/aromatic N) is 5. The average Bonchev–Trinajstić information content (AvgIpc) is 3.43. The molecule has 1 N–H and O–H groups in total. The second kappa shape index (κ2) is 9.13. The molecular formula is C20H26F3N5O3. The minimum absolute atomic E-state index is 0.166. The molecule has 0 bridgehead atoms. The third kappa shape index (κ3) is 5.27. The number of hydrogen-bond acceptors (Lipinski definition) is 4. The fourth-order valence-electron chi connectivity index (χ4n) is 4.43. The molecule has 0 radical (unpaired) electrons. The van der Waals surface area contributed by atoms with Gasteiger partial charge in [-0.25, -0.2) is 4.79 Å². The van der Waals surface area contributed by atoms with Gasteiger partial charge in [-0.1, -0.05) is 0 Å². The molecule has 0 saturated carbocycles. The largest absolute Gasteiger partial charge is 0.490 e. The molecule has 8 nitrogen and oxygen atoms in total. The lowest BCUT2D eigenvalue weighted by molar-refractivity contribution is -0.192. The Hall–Kier alpha value is -2.82. The van der Waals surface area contributed by atoms with Crippen LogP contribution in [0.1, 0.15) is 23.3 Å². The summed E-state index contributed by atoms with van der Waals surface area (Å²) < 4.78 is 35.7. The molecule has 0 unspecified atom stereocenters. The number of alkyl halides is 3. The smallest absolute Gasteiger partial charge is 0.475 e. The minimum Gasteiger partial charge on any atom is -0.475 e. The predicted molar refractivity (Wildman–Crippen MR) is 105 cm³/mol. The number of carboxylic acid groups (broad SMARTS) is 1. The van der Waals surface area contributed by atoms with E-state index in [1.807, 2.05) is 58.0 Å². The number of piperidine rings is 1. The van der Waals surface area contributed by atoms with Gasteiger partial charge in [-0.15, -0.1) is 0 Å². The van der Waals surface area contributed by atoms with Crippen molar-refractivity contribution in [3.05, 3.63) is 42.5 Å². The van der Waals surface area contributed by atoms with E-state index in [0.717, 1.165) is 38.2 Å². The molecule has 2 aromatic heterocycles. The Bertz CT molecular complexity index is 896. The monoisotopic (exact) mass is 441 g/mol. The zero-order valence-corrected chi connectivity index (χ0v) is 17.4. The van der Waals surface area contributed by atoms with Gasteiger partial charge in [-0.2, -0.15) is 18.3 Å². The van der Waals surface area contributed by atoms with Gasteiger partial charge in [0.15, 0.2) is 0 Å². The maximum absolute atomic E-state index is 12.8. The van der Waals surface area contributed by atoms with Gasteiger partial charge in [0.1, 0.15) is 5.69 Å². The average molecular weight is 441 g/mol. The quantitative estimate of drug-likeness (QED) is 0.789. The maximum atomic E-state index is 12.8. The summed E-state index contributed by atoms with van der Waals surface area (Å²) in [6, 6.07) is 6.91. The predicted octanol–water partition coefficient (Wildman–Crippen LogP) is 2.09. The van der Waals surface area contributed by atoms with Gasteiger partial charge >= 0.3 is 12.1 Å². The summed E-state index contributed by atoms with van der Waals surface area (Å²) in [6.45, 7) is 2.65. The molecule has 0 aromatic carbocycles. The number of carbonyl (C=O) groups excluding carboxylic acids is 1. The highest BCUT2D eigenvalue weighted by molar-refractivity contribution is 5.92. The SMILES string of the molecule is CN1[C@H](Cn2cccn2)C[C@@H]2CN(C(=O)c3cccn3C)CC[C@@H]21.O=C(O)C(F)(F)F. The van der Waals surface area contributed by atoms with Crippen LogP contribution < -0.4 is 0 Å². The van der Waals surface area contributed by atoms with Gasteiger partial charge < -0.3 is 14.6 Å². The van der Waals surface area contributed by atoms with Crippen molar-refractivity contribution in [2.24, 2.45) is 13.0 Å². The first-order valence-corrected chi connectivity index (χ1v) is 9.98. The minimum atomic E-state index is -5.08. The van der Waals surface area contributed by atoms with Gasteiger partial charge in [0, 0.05) is 50.8 Å². The first kappa shape index (κ1) is 22.9. The van der Waals surface area contributed by atoms with E-state index in [1.165, 1.54) is 0 Å². The molecule has 2 aliphatic heterocycles. The molecule has 4 rings (SSSR count). The van der Waals surface area contributed by atoms with Crippen molar-refractivity contribution in [2.75, 3.05) is 20.1 Å². The number of rotatable bonds is 3. The van der Waals surface area contributed by atoms with E-state index < -0.39 is 12.1 Å². The highest BCUT2D eigenvalue weighted by Gasteiger charge is 2.43. The summed E-state index contributed by atoms with van der Waals surface area (Å²) in [6.07, 6.45) is 2.91. The molecule has 1 amide bonds. The van der Waals surface area contributed by atoms with Crippen LogP contribution in [0.2, 0.25) is 0 Å². The van der Waals surface area contributed by atoms with Crippen molar-refractivity contribution in [2.45, 2.75) is 37.6 Å². The second-order valence-corrected chi connectivity index (χ2v) is 7.96. The molecule has 3 atom stereocenters. The molecule has 0 aliphatic carbocycles. The highest BCUT2D eigenvalue weighted by Crippen LogP contribution is 2.35. The van der Waals surface area contributed by atoms with Gasteiger partial charge in [-0.05, 0) is 44.0 Å². The highest BCUT2D eigenvalue weighted by atomic mass is 19.4. The van der Waals surface area contributed by atoms with Crippen molar-refractivity contribution in [1.82, 2.24) is 24.1 Å². The van der Waals surface area contributed by atoms with Gasteiger partial charge in [0.25, 0.3) is 5.91 Å². The number of aliphatic carboxylic acids is 1. The molecule has 2 aromatic rings. The maximum Gasteiger partial charge on any atom is 0.490 e. The van der Waals surface area contributed by atoms with Crippen molar-refractivity contribution < 1.29 is 27.9 Å². The van der Waals surface area contributed by atoms with E-state index in [9.17, 15) is 18.0 Å². The molecular weight excluding hydrogens is 415 g/mol. The van der Waals surface area contributed by atoms with E-state index >= 15 is 0 Å². The number of hydrogen-bond donors (Lipinski definition) is 1. The van der Waals surface area contributed by atoms with Crippen LogP contribution in [0.5, 0.6) is 0 Å². The standard InChI is InChI=1S/C18H25N5O.C2HF3O2/c1-20-8-3-5-17(20)18(24)22-10-6-16-14(12-22)11-15(21(16)2)13-23-9-4-7-19-23;3-2(4,5)1(6)7/h3-5,7-9,14-16H,6,10-13H2,1-2H3;(H,6,7)/t14-,15+,16+;/m1./s1. The Labute approximate surface area is 177 Å². The number of aromatic nitrogens is 3. The zero-order valence-electron chi connectivity index (χ0n) is 17.4. The fourth-order valence-corrected chi connectivity index (χ4v) is 4.43. The van der Waals surface area contributed by atoms with Crippen molar-refractivity contribution in [3.8, 4) is 0 Å². The van der Waals surface area contributed by atoms with E-state index in [1.54, 1.807) is 0 Å². The number of aryl methyl sites for hydroxylation is 1. The number of fused-ring (bicyclic) bond motifs is 1. The number of amides is 1. The van der Waals surface area contributed by atoms with E-state index in [2.05, 4.69) is 17.0 Å². The Morgan fingerprint density at radius 1 is 1.23 bits per heavy atom. The van der Waals surface area contributed by atoms with Gasteiger partial charge in [0.2, 0.25) is 0 Å². The van der Waals surface area contributed by atoms with Crippen LogP contribution in [0.4, 0.5) is 13.2 Å². The van der Waals surface area contributed by atoms with Crippen molar-refractivity contribution in [1.29, 1.82) is 0 Å². The molecule has 170 valence electrons. The molecule has 0 spiro atoms. The summed E-state index contributed by atoms with van der Waals surface area (Å²) in [4.78, 5) is 26.2. The van der Waals surface area contributed by atoms with Crippen LogP contribution in [-0.4, -0.2) is 79.5 Å². The van der Waals surface area contributed by atoms with E-state index in [0.29, 0.717) is 18.0 Å². The first-order chi connectivity index (χ1) is 14.6. The number of likely N-dealkylation sites (tertiary alicyclic amines) is 2. The summed E-state index contributed by atoms with van der Waals surface area (Å²) in [5.74, 6) is -2.03. The summed E-state index contributed by atoms with van der Waals surface area (Å²) in [5.41, 5.74) is 0.785. The topological polar surface area (TPSA) is 83.6 Å². The van der Waals surface area contributed by atoms with Crippen LogP contribution in [0.15, 0.2) is 36.8 Å². The van der Waals surface area contributed by atoms with Crippen LogP contribution in [0.25, 0.3) is 0 Å². The number of likely N-dealkylation sites (N-methyl/N-ethyl adjacent to an activating group) is 1. The molecule has 31 heavy (non-hydrogen) atoms. The summed E-state index contributed by atoms with van der Waals surface area (Å²) in [7, 11) is 4.16. The third-order valence-corrected chi connectivity index (χ3v) is 6.02. The van der Waals surface area contributed by atoms with Crippen LogP contribution in [0.3, 0.4) is 0 Å². The van der Waals surface area contributed by atoms with Crippen molar-refractivity contribution >= 4 is 11.9 Å². The normalized spacial score (nSPS) is 23.8.